The highest BCUT2D eigenvalue weighted by Crippen LogP contribution is 2.69. The number of amides is 1. The molecule has 0 radical (unpaired) electrons. The zero-order chi connectivity index (χ0) is 18.7. The number of carbonyl (C=O) groups is 1. The van der Waals surface area contributed by atoms with Crippen LogP contribution in [-0.2, 0) is 4.79 Å². The number of benzene rings is 1. The van der Waals surface area contributed by atoms with Crippen LogP contribution in [-0.4, -0.2) is 12.1 Å². The van der Waals surface area contributed by atoms with Crippen molar-refractivity contribution in [2.75, 3.05) is 0 Å². The standard InChI is InChI=1S/C20H23Cl3N2O/c1-18-5-12-6-19(2,9-18)11-20(7-12,10-18)17(26)25-24-8-13-14(21)3-4-15(22)16(13)23/h3-4,8,12H,5-7,9-11H2,1-2H3,(H,25,26)/b24-8+. The summed E-state index contributed by atoms with van der Waals surface area (Å²) >= 11 is 18.4. The zero-order valence-corrected chi connectivity index (χ0v) is 17.3. The van der Waals surface area contributed by atoms with E-state index in [1.807, 2.05) is 0 Å². The Labute approximate surface area is 169 Å². The highest BCUT2D eigenvalue weighted by molar-refractivity contribution is 6.45. The molecule has 2 unspecified atom stereocenters. The second kappa shape index (κ2) is 6.12. The predicted octanol–water partition coefficient (Wildman–Crippen LogP) is 6.09. The van der Waals surface area contributed by atoms with Gasteiger partial charge >= 0.3 is 0 Å². The van der Waals surface area contributed by atoms with Crippen LogP contribution in [0.3, 0.4) is 0 Å². The molecule has 1 N–H and O–H groups in total. The van der Waals surface area contributed by atoms with Gasteiger partial charge in [0, 0.05) is 5.56 Å². The van der Waals surface area contributed by atoms with Gasteiger partial charge in [0.2, 0.25) is 5.91 Å². The summed E-state index contributed by atoms with van der Waals surface area (Å²) in [5, 5.41) is 5.35. The number of nitrogens with zero attached hydrogens (tertiary/aromatic N) is 1. The summed E-state index contributed by atoms with van der Waals surface area (Å²) in [5.74, 6) is 0.692. The topological polar surface area (TPSA) is 41.5 Å². The lowest BCUT2D eigenvalue weighted by molar-refractivity contribution is -0.170. The van der Waals surface area contributed by atoms with E-state index in [0.29, 0.717) is 26.5 Å². The number of nitrogens with one attached hydrogen (secondary N) is 1. The molecule has 0 heterocycles. The highest BCUT2D eigenvalue weighted by Gasteiger charge is 2.62. The maximum absolute atomic E-state index is 13.1. The summed E-state index contributed by atoms with van der Waals surface area (Å²) in [6.45, 7) is 4.71. The van der Waals surface area contributed by atoms with Crippen molar-refractivity contribution in [2.24, 2.45) is 27.3 Å². The number of halogens is 3. The van der Waals surface area contributed by atoms with Crippen LogP contribution in [0.25, 0.3) is 0 Å². The van der Waals surface area contributed by atoms with E-state index in [1.165, 1.54) is 25.5 Å². The van der Waals surface area contributed by atoms with Crippen molar-refractivity contribution in [3.05, 3.63) is 32.8 Å². The fourth-order valence-corrected chi connectivity index (χ4v) is 7.27. The van der Waals surface area contributed by atoms with Crippen LogP contribution in [0.1, 0.15) is 57.9 Å². The minimum absolute atomic E-state index is 0.0320. The monoisotopic (exact) mass is 412 g/mol. The van der Waals surface area contributed by atoms with Gasteiger partial charge in [-0.2, -0.15) is 5.10 Å². The largest absolute Gasteiger partial charge is 0.273 e. The van der Waals surface area contributed by atoms with Gasteiger partial charge in [0.05, 0.1) is 26.7 Å². The Bertz CT molecular complexity index is 788. The molecule has 4 aliphatic rings. The van der Waals surface area contributed by atoms with Crippen molar-refractivity contribution >= 4 is 46.9 Å². The van der Waals surface area contributed by atoms with Gasteiger partial charge in [-0.3, -0.25) is 4.79 Å². The fraction of sp³-hybridized carbons (Fsp3) is 0.600. The summed E-state index contributed by atoms with van der Waals surface area (Å²) in [5.41, 5.74) is 3.57. The van der Waals surface area contributed by atoms with E-state index in [4.69, 9.17) is 34.8 Å². The lowest BCUT2D eigenvalue weighted by atomic mass is 9.40. The third-order valence-corrected chi connectivity index (χ3v) is 7.70. The van der Waals surface area contributed by atoms with E-state index in [2.05, 4.69) is 24.4 Å². The molecule has 1 amide bonds. The van der Waals surface area contributed by atoms with Crippen LogP contribution in [0.4, 0.5) is 0 Å². The first-order valence-electron chi connectivity index (χ1n) is 9.11. The number of hydrogen-bond acceptors (Lipinski definition) is 2. The van der Waals surface area contributed by atoms with Crippen LogP contribution in [0, 0.1) is 22.2 Å². The van der Waals surface area contributed by atoms with Crippen molar-refractivity contribution in [1.29, 1.82) is 0 Å². The fourth-order valence-electron chi connectivity index (χ4n) is 6.64. The molecule has 4 saturated carbocycles. The molecule has 140 valence electrons. The van der Waals surface area contributed by atoms with E-state index < -0.39 is 0 Å². The molecule has 0 spiro atoms. The van der Waals surface area contributed by atoms with Gasteiger partial charge in [-0.05, 0) is 67.4 Å². The predicted molar refractivity (Wildman–Crippen MR) is 107 cm³/mol. The highest BCUT2D eigenvalue weighted by atomic mass is 35.5. The average molecular weight is 414 g/mol. The van der Waals surface area contributed by atoms with Crippen molar-refractivity contribution in [3.63, 3.8) is 0 Å². The van der Waals surface area contributed by atoms with E-state index >= 15 is 0 Å². The van der Waals surface area contributed by atoms with Crippen LogP contribution in [0.2, 0.25) is 15.1 Å². The number of hydrogen-bond donors (Lipinski definition) is 1. The van der Waals surface area contributed by atoms with Gasteiger partial charge in [-0.25, -0.2) is 5.43 Å². The number of carbonyl (C=O) groups excluding carboxylic acids is 1. The normalized spacial score (nSPS) is 38.1. The van der Waals surface area contributed by atoms with Crippen molar-refractivity contribution in [2.45, 2.75) is 52.4 Å². The second-order valence-electron chi connectivity index (χ2n) is 9.37. The van der Waals surface area contributed by atoms with Crippen LogP contribution in [0.5, 0.6) is 0 Å². The van der Waals surface area contributed by atoms with E-state index in [9.17, 15) is 4.79 Å². The molecular formula is C20H23Cl3N2O. The molecule has 1 aromatic carbocycles. The maximum Gasteiger partial charge on any atom is 0.246 e. The molecule has 3 nitrogen and oxygen atoms in total. The summed E-state index contributed by atoms with van der Waals surface area (Å²) in [6.07, 6.45) is 8.15. The molecule has 2 atom stereocenters. The Morgan fingerprint density at radius 3 is 2.31 bits per heavy atom. The Morgan fingerprint density at radius 2 is 1.69 bits per heavy atom. The van der Waals surface area contributed by atoms with Gasteiger partial charge in [0.25, 0.3) is 0 Å². The molecule has 0 saturated heterocycles. The number of rotatable bonds is 3. The zero-order valence-electron chi connectivity index (χ0n) is 15.0. The van der Waals surface area contributed by atoms with Gasteiger partial charge in [0.15, 0.2) is 0 Å². The molecule has 5 rings (SSSR count). The molecule has 26 heavy (non-hydrogen) atoms. The van der Waals surface area contributed by atoms with Crippen LogP contribution < -0.4 is 5.43 Å². The van der Waals surface area contributed by atoms with Crippen molar-refractivity contribution < 1.29 is 4.79 Å². The van der Waals surface area contributed by atoms with E-state index in [-0.39, 0.29) is 22.2 Å². The summed E-state index contributed by atoms with van der Waals surface area (Å²) in [7, 11) is 0. The summed E-state index contributed by atoms with van der Waals surface area (Å²) < 4.78 is 0. The molecule has 6 heteroatoms. The molecule has 0 aliphatic heterocycles. The van der Waals surface area contributed by atoms with Gasteiger partial charge in [-0.15, -0.1) is 0 Å². The minimum Gasteiger partial charge on any atom is -0.273 e. The lowest BCUT2D eigenvalue weighted by Gasteiger charge is -2.64. The van der Waals surface area contributed by atoms with E-state index in [0.717, 1.165) is 19.3 Å². The SMILES string of the molecule is CC12CC3CC(C)(C1)CC(C(=O)N/N=C/c1c(Cl)ccc(Cl)c1Cl)(C3)C2. The molecule has 0 aromatic heterocycles. The van der Waals surface area contributed by atoms with Crippen molar-refractivity contribution in [1.82, 2.24) is 5.43 Å². The van der Waals surface area contributed by atoms with Gasteiger partial charge in [-0.1, -0.05) is 48.7 Å². The Hall–Kier alpha value is -0.770. The first-order chi connectivity index (χ1) is 12.1. The van der Waals surface area contributed by atoms with Gasteiger partial charge in [0.1, 0.15) is 0 Å². The lowest BCUT2D eigenvalue weighted by Crippen LogP contribution is -2.59. The molecule has 4 bridgehead atoms. The first kappa shape index (κ1) is 18.6. The first-order valence-corrected chi connectivity index (χ1v) is 10.2. The van der Waals surface area contributed by atoms with Crippen LogP contribution >= 0.6 is 34.8 Å². The second-order valence-corrected chi connectivity index (χ2v) is 10.6. The van der Waals surface area contributed by atoms with E-state index in [1.54, 1.807) is 12.1 Å². The molecule has 1 aromatic rings. The molecule has 4 fully saturated rings. The quantitative estimate of drug-likeness (QED) is 0.363. The minimum atomic E-state index is -0.290. The molecule has 4 aliphatic carbocycles. The van der Waals surface area contributed by atoms with Crippen molar-refractivity contribution in [3.8, 4) is 0 Å². The Morgan fingerprint density at radius 1 is 1.08 bits per heavy atom. The maximum atomic E-state index is 13.1. The average Bonchev–Trinajstić information content (AvgIpc) is 2.50. The Kier molecular flexibility index (Phi) is 4.37. The summed E-state index contributed by atoms with van der Waals surface area (Å²) in [6, 6.07) is 3.30. The molecular weight excluding hydrogens is 391 g/mol. The summed E-state index contributed by atoms with van der Waals surface area (Å²) in [4.78, 5) is 13.1. The third-order valence-electron chi connectivity index (χ3n) is 6.55. The van der Waals surface area contributed by atoms with Gasteiger partial charge < -0.3 is 0 Å². The van der Waals surface area contributed by atoms with Crippen LogP contribution in [0.15, 0.2) is 17.2 Å². The third kappa shape index (κ3) is 3.06. The number of hydrazone groups is 1. The smallest absolute Gasteiger partial charge is 0.246 e. The Balaban J connectivity index is 1.54.